The summed E-state index contributed by atoms with van der Waals surface area (Å²) in [5.74, 6) is -0.246. The number of rotatable bonds is 4. The van der Waals surface area contributed by atoms with Gasteiger partial charge in [0.1, 0.15) is 0 Å². The number of likely N-dealkylation sites (N-methyl/N-ethyl adjacent to an activating group) is 1. The first-order valence-electron chi connectivity index (χ1n) is 8.08. The van der Waals surface area contributed by atoms with E-state index in [1.54, 1.807) is 0 Å². The van der Waals surface area contributed by atoms with E-state index >= 15 is 0 Å². The van der Waals surface area contributed by atoms with Crippen LogP contribution in [0.4, 0.5) is 0 Å². The molecule has 1 amide bonds. The Balaban J connectivity index is 1.79. The van der Waals surface area contributed by atoms with Crippen molar-refractivity contribution in [2.75, 3.05) is 33.2 Å². The van der Waals surface area contributed by atoms with Gasteiger partial charge in [-0.1, -0.05) is 60.7 Å². The smallest absolute Gasteiger partial charge is 0.246 e. The molecule has 120 valence electrons. The van der Waals surface area contributed by atoms with Crippen molar-refractivity contribution in [3.05, 3.63) is 71.8 Å². The van der Waals surface area contributed by atoms with E-state index < -0.39 is 0 Å². The number of piperazine rings is 1. The van der Waals surface area contributed by atoms with Crippen LogP contribution in [0.15, 0.2) is 60.7 Å². The Kier molecular flexibility index (Phi) is 5.05. The molecule has 2 aromatic rings. The highest BCUT2D eigenvalue weighted by Gasteiger charge is 2.25. The van der Waals surface area contributed by atoms with Gasteiger partial charge in [-0.25, -0.2) is 5.01 Å². The van der Waals surface area contributed by atoms with Crippen molar-refractivity contribution >= 4 is 5.91 Å². The molecule has 0 spiro atoms. The van der Waals surface area contributed by atoms with Gasteiger partial charge in [-0.05, 0) is 18.2 Å². The van der Waals surface area contributed by atoms with Crippen LogP contribution in [0.1, 0.15) is 17.0 Å². The Labute approximate surface area is 137 Å². The second-order valence-electron chi connectivity index (χ2n) is 6.02. The lowest BCUT2D eigenvalue weighted by Gasteiger charge is -2.33. The van der Waals surface area contributed by atoms with E-state index in [1.165, 1.54) is 0 Å². The van der Waals surface area contributed by atoms with Crippen LogP contribution < -0.4 is 5.43 Å². The zero-order valence-corrected chi connectivity index (χ0v) is 13.5. The maximum absolute atomic E-state index is 12.9. The minimum atomic E-state index is -0.281. The van der Waals surface area contributed by atoms with Crippen LogP contribution in [0, 0.1) is 0 Å². The molecule has 0 aromatic heterocycles. The third kappa shape index (κ3) is 3.97. The van der Waals surface area contributed by atoms with Gasteiger partial charge in [-0.3, -0.25) is 10.2 Å². The van der Waals surface area contributed by atoms with Gasteiger partial charge in [0, 0.05) is 26.2 Å². The van der Waals surface area contributed by atoms with E-state index in [9.17, 15) is 4.79 Å². The molecule has 0 radical (unpaired) electrons. The van der Waals surface area contributed by atoms with Gasteiger partial charge in [-0.15, -0.1) is 0 Å². The fourth-order valence-electron chi connectivity index (χ4n) is 2.92. The van der Waals surface area contributed by atoms with Crippen LogP contribution in [0.25, 0.3) is 0 Å². The molecule has 4 nitrogen and oxygen atoms in total. The number of hydrazine groups is 1. The molecule has 1 fully saturated rings. The Morgan fingerprint density at radius 2 is 1.35 bits per heavy atom. The molecule has 0 saturated carbocycles. The number of carbonyl (C=O) groups excluding carboxylic acids is 1. The van der Waals surface area contributed by atoms with Gasteiger partial charge in [0.05, 0.1) is 5.92 Å². The highest BCUT2D eigenvalue weighted by molar-refractivity contribution is 5.86. The minimum absolute atomic E-state index is 0.0342. The third-order valence-corrected chi connectivity index (χ3v) is 4.30. The SMILES string of the molecule is CN1CCN(NC(=O)C(c2ccccc2)c2ccccc2)CC1. The van der Waals surface area contributed by atoms with Gasteiger partial charge in [0.2, 0.25) is 5.91 Å². The predicted octanol–water partition coefficient (Wildman–Crippen LogP) is 2.10. The monoisotopic (exact) mass is 309 g/mol. The Hall–Kier alpha value is -2.17. The van der Waals surface area contributed by atoms with Crippen molar-refractivity contribution < 1.29 is 4.79 Å². The number of hydrogen-bond donors (Lipinski definition) is 1. The largest absolute Gasteiger partial charge is 0.304 e. The molecule has 23 heavy (non-hydrogen) atoms. The molecule has 1 aliphatic heterocycles. The molecule has 1 saturated heterocycles. The molecule has 2 aromatic carbocycles. The molecule has 0 aliphatic carbocycles. The molecule has 1 aliphatic rings. The molecule has 0 bridgehead atoms. The average Bonchev–Trinajstić information content (AvgIpc) is 2.59. The summed E-state index contributed by atoms with van der Waals surface area (Å²) in [4.78, 5) is 15.2. The summed E-state index contributed by atoms with van der Waals surface area (Å²) in [6.07, 6.45) is 0. The third-order valence-electron chi connectivity index (χ3n) is 4.30. The fourth-order valence-corrected chi connectivity index (χ4v) is 2.92. The van der Waals surface area contributed by atoms with Gasteiger partial charge in [0.25, 0.3) is 0 Å². The maximum atomic E-state index is 12.9. The van der Waals surface area contributed by atoms with E-state index in [2.05, 4.69) is 17.4 Å². The summed E-state index contributed by atoms with van der Waals surface area (Å²) in [6.45, 7) is 3.67. The first kappa shape index (κ1) is 15.7. The first-order chi connectivity index (χ1) is 11.2. The quantitative estimate of drug-likeness (QED) is 0.939. The van der Waals surface area contributed by atoms with Gasteiger partial charge < -0.3 is 4.90 Å². The van der Waals surface area contributed by atoms with E-state index in [4.69, 9.17) is 0 Å². The Morgan fingerprint density at radius 1 is 0.870 bits per heavy atom. The van der Waals surface area contributed by atoms with Gasteiger partial charge in [-0.2, -0.15) is 0 Å². The fraction of sp³-hybridized carbons (Fsp3) is 0.316. The number of benzene rings is 2. The lowest BCUT2D eigenvalue weighted by molar-refractivity contribution is -0.127. The molecular weight excluding hydrogens is 286 g/mol. The zero-order chi connectivity index (χ0) is 16.1. The highest BCUT2D eigenvalue weighted by Crippen LogP contribution is 2.24. The van der Waals surface area contributed by atoms with Crippen molar-refractivity contribution in [3.8, 4) is 0 Å². The Morgan fingerprint density at radius 3 is 1.83 bits per heavy atom. The van der Waals surface area contributed by atoms with Crippen molar-refractivity contribution in [2.24, 2.45) is 0 Å². The number of hydrogen-bond acceptors (Lipinski definition) is 3. The zero-order valence-electron chi connectivity index (χ0n) is 13.5. The molecule has 1 heterocycles. The van der Waals surface area contributed by atoms with E-state index in [0.717, 1.165) is 37.3 Å². The van der Waals surface area contributed by atoms with E-state index in [1.807, 2.05) is 65.7 Å². The van der Waals surface area contributed by atoms with Crippen LogP contribution in [0.3, 0.4) is 0 Å². The van der Waals surface area contributed by atoms with Crippen LogP contribution in [-0.2, 0) is 4.79 Å². The van der Waals surface area contributed by atoms with Crippen molar-refractivity contribution in [1.82, 2.24) is 15.3 Å². The maximum Gasteiger partial charge on any atom is 0.246 e. The second-order valence-corrected chi connectivity index (χ2v) is 6.02. The van der Waals surface area contributed by atoms with Gasteiger partial charge >= 0.3 is 0 Å². The molecule has 0 unspecified atom stereocenters. The van der Waals surface area contributed by atoms with Crippen molar-refractivity contribution in [1.29, 1.82) is 0 Å². The topological polar surface area (TPSA) is 35.6 Å². The summed E-state index contributed by atoms with van der Waals surface area (Å²) in [5, 5.41) is 2.03. The van der Waals surface area contributed by atoms with Crippen molar-refractivity contribution in [3.63, 3.8) is 0 Å². The summed E-state index contributed by atoms with van der Waals surface area (Å²) in [5.41, 5.74) is 5.14. The number of nitrogens with one attached hydrogen (secondary N) is 1. The predicted molar refractivity (Wildman–Crippen MR) is 91.9 cm³/mol. The normalized spacial score (nSPS) is 16.4. The summed E-state index contributed by atoms with van der Waals surface area (Å²) < 4.78 is 0. The van der Waals surface area contributed by atoms with Gasteiger partial charge in [0.15, 0.2) is 0 Å². The lowest BCUT2D eigenvalue weighted by atomic mass is 9.91. The van der Waals surface area contributed by atoms with Crippen LogP contribution in [0.5, 0.6) is 0 Å². The molecule has 1 N–H and O–H groups in total. The van der Waals surface area contributed by atoms with E-state index in [-0.39, 0.29) is 11.8 Å². The molecule has 3 rings (SSSR count). The standard InChI is InChI=1S/C19H23N3O/c1-21-12-14-22(15-13-21)20-19(23)18(16-8-4-2-5-9-16)17-10-6-3-7-11-17/h2-11,18H,12-15H2,1H3,(H,20,23). The van der Waals surface area contributed by atoms with Crippen LogP contribution >= 0.6 is 0 Å². The number of amides is 1. The lowest BCUT2D eigenvalue weighted by Crippen LogP contribution is -2.53. The van der Waals surface area contributed by atoms with Crippen molar-refractivity contribution in [2.45, 2.75) is 5.92 Å². The summed E-state index contributed by atoms with van der Waals surface area (Å²) in [7, 11) is 2.11. The molecule has 0 atom stereocenters. The average molecular weight is 309 g/mol. The molecule has 4 heteroatoms. The highest BCUT2D eigenvalue weighted by atomic mass is 16.2. The minimum Gasteiger partial charge on any atom is -0.304 e. The summed E-state index contributed by atoms with van der Waals surface area (Å²) >= 11 is 0. The number of carbonyl (C=O) groups is 1. The molecular formula is C19H23N3O. The van der Waals surface area contributed by atoms with Crippen LogP contribution in [-0.4, -0.2) is 49.0 Å². The first-order valence-corrected chi connectivity index (χ1v) is 8.08. The van der Waals surface area contributed by atoms with E-state index in [0.29, 0.717) is 0 Å². The number of nitrogens with zero attached hydrogens (tertiary/aromatic N) is 2. The van der Waals surface area contributed by atoms with Crippen LogP contribution in [0.2, 0.25) is 0 Å². The second kappa shape index (κ2) is 7.40. The summed E-state index contributed by atoms with van der Waals surface area (Å²) in [6, 6.07) is 19.9. The Bertz CT molecular complexity index is 582.